The zero-order valence-electron chi connectivity index (χ0n) is 12.6. The van der Waals surface area contributed by atoms with Gasteiger partial charge in [0.2, 0.25) is 0 Å². The molecule has 0 amide bonds. The van der Waals surface area contributed by atoms with Crippen LogP contribution in [0.4, 0.5) is 0 Å². The summed E-state index contributed by atoms with van der Waals surface area (Å²) in [4.78, 5) is 0. The van der Waals surface area contributed by atoms with Crippen LogP contribution in [0.1, 0.15) is 23.5 Å². The van der Waals surface area contributed by atoms with Gasteiger partial charge in [0, 0.05) is 0 Å². The molecule has 2 aromatic carbocycles. The number of halogens is 1. The van der Waals surface area contributed by atoms with E-state index in [0.29, 0.717) is 5.92 Å². The van der Waals surface area contributed by atoms with Gasteiger partial charge in [-0.25, -0.2) is 0 Å². The molecule has 0 aromatic heterocycles. The number of hydrogen-bond donors (Lipinski definition) is 1. The van der Waals surface area contributed by atoms with Crippen molar-refractivity contribution in [2.24, 2.45) is 0 Å². The first-order chi connectivity index (χ1) is 10.3. The second-order valence-corrected chi connectivity index (χ2v) is 5.52. The minimum absolute atomic E-state index is 0.447. The number of hydrogen-bond acceptors (Lipinski definition) is 2. The molecule has 0 aliphatic rings. The van der Waals surface area contributed by atoms with E-state index in [0.717, 1.165) is 35.7 Å². The Hall–Kier alpha value is -1.51. The average molecular weight is 304 g/mol. The van der Waals surface area contributed by atoms with Crippen LogP contribution in [0.15, 0.2) is 48.5 Å². The maximum atomic E-state index is 6.43. The number of ether oxygens (including phenoxy) is 1. The molecule has 112 valence electrons. The van der Waals surface area contributed by atoms with Crippen molar-refractivity contribution in [1.29, 1.82) is 0 Å². The highest BCUT2D eigenvalue weighted by atomic mass is 35.5. The summed E-state index contributed by atoms with van der Waals surface area (Å²) in [7, 11) is 3.64. The van der Waals surface area contributed by atoms with Gasteiger partial charge >= 0.3 is 0 Å². The van der Waals surface area contributed by atoms with E-state index in [4.69, 9.17) is 16.3 Å². The zero-order valence-corrected chi connectivity index (χ0v) is 13.4. The molecule has 0 spiro atoms. The molecule has 0 aliphatic carbocycles. The van der Waals surface area contributed by atoms with Crippen LogP contribution in [-0.4, -0.2) is 20.7 Å². The topological polar surface area (TPSA) is 21.3 Å². The van der Waals surface area contributed by atoms with E-state index < -0.39 is 0 Å². The van der Waals surface area contributed by atoms with Crippen LogP contribution in [0.25, 0.3) is 0 Å². The SMILES string of the molecule is CNCCC(Cc1cccc(OC)c1Cl)c1ccccc1. The summed E-state index contributed by atoms with van der Waals surface area (Å²) in [6.45, 7) is 0.987. The van der Waals surface area contributed by atoms with Crippen LogP contribution in [0, 0.1) is 0 Å². The molecule has 0 saturated heterocycles. The van der Waals surface area contributed by atoms with Crippen LogP contribution >= 0.6 is 11.6 Å². The molecular formula is C18H22ClNO. The maximum Gasteiger partial charge on any atom is 0.137 e. The van der Waals surface area contributed by atoms with Crippen molar-refractivity contribution >= 4 is 11.6 Å². The third-order valence-corrected chi connectivity index (χ3v) is 4.17. The Morgan fingerprint density at radius 1 is 1.10 bits per heavy atom. The second kappa shape index (κ2) is 8.06. The lowest BCUT2D eigenvalue weighted by atomic mass is 9.89. The normalized spacial score (nSPS) is 12.1. The van der Waals surface area contributed by atoms with E-state index in [9.17, 15) is 0 Å². The summed E-state index contributed by atoms with van der Waals surface area (Å²) in [6.07, 6.45) is 2.00. The van der Waals surface area contributed by atoms with Crippen molar-refractivity contribution in [3.63, 3.8) is 0 Å². The fraction of sp³-hybridized carbons (Fsp3) is 0.333. The molecule has 2 aromatic rings. The van der Waals surface area contributed by atoms with Gasteiger partial charge in [-0.05, 0) is 49.5 Å². The Morgan fingerprint density at radius 2 is 1.86 bits per heavy atom. The second-order valence-electron chi connectivity index (χ2n) is 5.14. The predicted molar refractivity (Wildman–Crippen MR) is 89.4 cm³/mol. The van der Waals surface area contributed by atoms with Gasteiger partial charge in [0.1, 0.15) is 5.75 Å². The van der Waals surface area contributed by atoms with Gasteiger partial charge in [0.05, 0.1) is 12.1 Å². The van der Waals surface area contributed by atoms with E-state index in [1.54, 1.807) is 7.11 Å². The van der Waals surface area contributed by atoms with Gasteiger partial charge in [0.15, 0.2) is 0 Å². The summed E-state index contributed by atoms with van der Waals surface area (Å²) in [5, 5.41) is 3.96. The third kappa shape index (κ3) is 4.23. The molecule has 0 aliphatic heterocycles. The molecule has 3 heteroatoms. The standard InChI is InChI=1S/C18H22ClNO/c1-20-12-11-15(14-7-4-3-5-8-14)13-16-9-6-10-17(21-2)18(16)19/h3-10,15,20H,11-13H2,1-2H3. The fourth-order valence-corrected chi connectivity index (χ4v) is 2.85. The minimum Gasteiger partial charge on any atom is -0.495 e. The molecule has 2 nitrogen and oxygen atoms in total. The van der Waals surface area contributed by atoms with Crippen LogP contribution in [-0.2, 0) is 6.42 Å². The van der Waals surface area contributed by atoms with Crippen LogP contribution in [0.2, 0.25) is 5.02 Å². The van der Waals surface area contributed by atoms with Crippen LogP contribution < -0.4 is 10.1 Å². The highest BCUT2D eigenvalue weighted by molar-refractivity contribution is 6.32. The molecule has 0 heterocycles. The minimum atomic E-state index is 0.447. The smallest absolute Gasteiger partial charge is 0.137 e. The van der Waals surface area contributed by atoms with Crippen molar-refractivity contribution in [3.05, 3.63) is 64.7 Å². The molecule has 0 saturated carbocycles. The quantitative estimate of drug-likeness (QED) is 0.824. The molecule has 0 fully saturated rings. The van der Waals surface area contributed by atoms with Gasteiger partial charge in [-0.1, -0.05) is 54.1 Å². The van der Waals surface area contributed by atoms with Gasteiger partial charge < -0.3 is 10.1 Å². The lowest BCUT2D eigenvalue weighted by molar-refractivity contribution is 0.414. The van der Waals surface area contributed by atoms with Crippen molar-refractivity contribution in [3.8, 4) is 5.75 Å². The Bertz CT molecular complexity index is 556. The number of rotatable bonds is 7. The summed E-state index contributed by atoms with van der Waals surface area (Å²) in [5.41, 5.74) is 2.49. The maximum absolute atomic E-state index is 6.43. The largest absolute Gasteiger partial charge is 0.495 e. The van der Waals surface area contributed by atoms with E-state index in [2.05, 4.69) is 41.7 Å². The lowest BCUT2D eigenvalue weighted by Gasteiger charge is -2.19. The molecule has 0 bridgehead atoms. The summed E-state index contributed by atoms with van der Waals surface area (Å²) < 4.78 is 5.31. The first-order valence-electron chi connectivity index (χ1n) is 7.27. The Labute approximate surface area is 132 Å². The Balaban J connectivity index is 2.23. The average Bonchev–Trinajstić information content (AvgIpc) is 2.53. The van der Waals surface area contributed by atoms with E-state index in [1.165, 1.54) is 5.56 Å². The molecule has 1 unspecified atom stereocenters. The van der Waals surface area contributed by atoms with Crippen molar-refractivity contribution in [2.75, 3.05) is 20.7 Å². The van der Waals surface area contributed by atoms with Gasteiger partial charge in [-0.15, -0.1) is 0 Å². The van der Waals surface area contributed by atoms with Crippen LogP contribution in [0.3, 0.4) is 0 Å². The highest BCUT2D eigenvalue weighted by Gasteiger charge is 2.15. The van der Waals surface area contributed by atoms with E-state index >= 15 is 0 Å². The van der Waals surface area contributed by atoms with Gasteiger partial charge in [-0.2, -0.15) is 0 Å². The first-order valence-corrected chi connectivity index (χ1v) is 7.65. The predicted octanol–water partition coefficient (Wildman–Crippen LogP) is 4.28. The molecule has 1 atom stereocenters. The first kappa shape index (κ1) is 15.9. The van der Waals surface area contributed by atoms with Crippen molar-refractivity contribution < 1.29 is 4.74 Å². The van der Waals surface area contributed by atoms with Gasteiger partial charge in [-0.3, -0.25) is 0 Å². The highest BCUT2D eigenvalue weighted by Crippen LogP contribution is 2.32. The molecular weight excluding hydrogens is 282 g/mol. The van der Waals surface area contributed by atoms with E-state index in [-0.39, 0.29) is 0 Å². The summed E-state index contributed by atoms with van der Waals surface area (Å²) in [6, 6.07) is 16.6. The summed E-state index contributed by atoms with van der Waals surface area (Å²) >= 11 is 6.43. The van der Waals surface area contributed by atoms with E-state index in [1.807, 2.05) is 19.2 Å². The molecule has 1 N–H and O–H groups in total. The summed E-state index contributed by atoms with van der Waals surface area (Å²) in [5.74, 6) is 1.19. The molecule has 2 rings (SSSR count). The Morgan fingerprint density at radius 3 is 2.52 bits per heavy atom. The molecule has 0 radical (unpaired) electrons. The lowest BCUT2D eigenvalue weighted by Crippen LogP contribution is -2.14. The zero-order chi connectivity index (χ0) is 15.1. The monoisotopic (exact) mass is 303 g/mol. The number of nitrogens with one attached hydrogen (secondary N) is 1. The van der Waals surface area contributed by atoms with Crippen LogP contribution in [0.5, 0.6) is 5.75 Å². The third-order valence-electron chi connectivity index (χ3n) is 3.74. The number of benzene rings is 2. The van der Waals surface area contributed by atoms with Crippen molar-refractivity contribution in [2.45, 2.75) is 18.8 Å². The van der Waals surface area contributed by atoms with Gasteiger partial charge in [0.25, 0.3) is 0 Å². The van der Waals surface area contributed by atoms with Crippen molar-refractivity contribution in [1.82, 2.24) is 5.32 Å². The fourth-order valence-electron chi connectivity index (χ4n) is 2.57. The number of methoxy groups -OCH3 is 1. The Kier molecular flexibility index (Phi) is 6.09. The molecule has 21 heavy (non-hydrogen) atoms.